The Labute approximate surface area is 169 Å². The molecule has 1 aliphatic rings. The number of hydrogen-bond acceptors (Lipinski definition) is 5. The van der Waals surface area contributed by atoms with Crippen molar-refractivity contribution < 1.29 is 4.79 Å². The average molecular weight is 395 g/mol. The molecule has 0 atom stereocenters. The van der Waals surface area contributed by atoms with E-state index >= 15 is 0 Å². The first-order valence-electron chi connectivity index (χ1n) is 9.88. The van der Waals surface area contributed by atoms with Gasteiger partial charge in [-0.25, -0.2) is 4.98 Å². The number of benzene rings is 2. The minimum atomic E-state index is 0.0266. The minimum Gasteiger partial charge on any atom is -0.381 e. The number of hydrogen-bond donors (Lipinski definition) is 2. The lowest BCUT2D eigenvalue weighted by Crippen LogP contribution is -2.36. The van der Waals surface area contributed by atoms with Gasteiger partial charge in [0.1, 0.15) is 0 Å². The van der Waals surface area contributed by atoms with Gasteiger partial charge in [0.15, 0.2) is 5.13 Å². The lowest BCUT2D eigenvalue weighted by molar-refractivity contribution is -0.117. The molecule has 1 saturated heterocycles. The Bertz CT molecular complexity index is 945. The summed E-state index contributed by atoms with van der Waals surface area (Å²) in [6.45, 7) is 5.37. The molecule has 0 radical (unpaired) electrons. The van der Waals surface area contributed by atoms with E-state index in [1.165, 1.54) is 41.7 Å². The van der Waals surface area contributed by atoms with Crippen molar-refractivity contribution in [2.75, 3.05) is 30.3 Å². The molecule has 0 spiro atoms. The number of carbonyl (C=O) groups is 1. The van der Waals surface area contributed by atoms with Crippen LogP contribution in [0.1, 0.15) is 30.4 Å². The van der Waals surface area contributed by atoms with Crippen LogP contribution >= 0.6 is 11.3 Å². The first-order valence-corrected chi connectivity index (χ1v) is 10.7. The predicted octanol–water partition coefficient (Wildman–Crippen LogP) is 4.64. The molecule has 1 aliphatic heterocycles. The normalized spacial score (nSPS) is 14.9. The van der Waals surface area contributed by atoms with Crippen LogP contribution in [-0.4, -0.2) is 35.4 Å². The van der Waals surface area contributed by atoms with E-state index < -0.39 is 0 Å². The number of fused-ring (bicyclic) bond motifs is 1. The maximum absolute atomic E-state index is 12.3. The third-order valence-electron chi connectivity index (χ3n) is 5.07. The molecule has 28 heavy (non-hydrogen) atoms. The number of piperidine rings is 1. The van der Waals surface area contributed by atoms with Gasteiger partial charge in [-0.1, -0.05) is 47.6 Å². The number of amides is 1. The van der Waals surface area contributed by atoms with Gasteiger partial charge in [-0.15, -0.1) is 0 Å². The smallest absolute Gasteiger partial charge is 0.240 e. The fourth-order valence-corrected chi connectivity index (χ4v) is 4.40. The van der Waals surface area contributed by atoms with E-state index in [9.17, 15) is 4.79 Å². The first kappa shape index (κ1) is 18.9. The largest absolute Gasteiger partial charge is 0.381 e. The summed E-state index contributed by atoms with van der Waals surface area (Å²) in [5.74, 6) is 0.0266. The molecule has 5 nitrogen and oxygen atoms in total. The van der Waals surface area contributed by atoms with Crippen molar-refractivity contribution in [1.29, 1.82) is 0 Å². The van der Waals surface area contributed by atoms with E-state index in [0.717, 1.165) is 35.5 Å². The number of anilines is 2. The van der Waals surface area contributed by atoms with Gasteiger partial charge in [0.2, 0.25) is 5.91 Å². The molecule has 6 heteroatoms. The highest BCUT2D eigenvalue weighted by Gasteiger charge is 2.15. The Kier molecular flexibility index (Phi) is 5.88. The van der Waals surface area contributed by atoms with Crippen molar-refractivity contribution in [3.8, 4) is 0 Å². The van der Waals surface area contributed by atoms with E-state index in [2.05, 4.69) is 57.8 Å². The van der Waals surface area contributed by atoms with E-state index in [0.29, 0.717) is 11.7 Å². The van der Waals surface area contributed by atoms with Crippen molar-refractivity contribution >= 4 is 38.3 Å². The second-order valence-electron chi connectivity index (χ2n) is 7.43. The topological polar surface area (TPSA) is 57.3 Å². The van der Waals surface area contributed by atoms with Gasteiger partial charge < -0.3 is 10.6 Å². The van der Waals surface area contributed by atoms with Crippen molar-refractivity contribution in [3.05, 3.63) is 53.6 Å². The van der Waals surface area contributed by atoms with Crippen LogP contribution in [0.15, 0.2) is 42.5 Å². The van der Waals surface area contributed by atoms with Gasteiger partial charge in [0.05, 0.1) is 16.8 Å². The molecule has 1 aromatic heterocycles. The number of aromatic nitrogens is 1. The SMILES string of the molecule is Cc1ccc(CNc2ccc3nc(NC(=O)CN4CCCCC4)sc3c2)cc1. The zero-order valence-corrected chi connectivity index (χ0v) is 17.0. The Morgan fingerprint density at radius 3 is 2.68 bits per heavy atom. The maximum Gasteiger partial charge on any atom is 0.240 e. The number of aryl methyl sites for hydroxylation is 1. The second-order valence-corrected chi connectivity index (χ2v) is 8.46. The number of carbonyl (C=O) groups excluding carboxylic acids is 1. The number of nitrogens with one attached hydrogen (secondary N) is 2. The lowest BCUT2D eigenvalue weighted by atomic mass is 10.1. The summed E-state index contributed by atoms with van der Waals surface area (Å²) in [6.07, 6.45) is 3.65. The first-order chi connectivity index (χ1) is 13.7. The van der Waals surface area contributed by atoms with Gasteiger partial charge in [-0.3, -0.25) is 9.69 Å². The molecular weight excluding hydrogens is 368 g/mol. The molecule has 2 heterocycles. The number of nitrogens with zero attached hydrogens (tertiary/aromatic N) is 2. The molecule has 0 bridgehead atoms. The molecule has 0 saturated carbocycles. The molecule has 1 amide bonds. The van der Waals surface area contributed by atoms with Crippen LogP contribution in [0.25, 0.3) is 10.2 Å². The van der Waals surface area contributed by atoms with Gasteiger partial charge in [0.25, 0.3) is 0 Å². The molecule has 0 unspecified atom stereocenters. The Morgan fingerprint density at radius 1 is 1.11 bits per heavy atom. The van der Waals surface area contributed by atoms with Gasteiger partial charge >= 0.3 is 0 Å². The maximum atomic E-state index is 12.3. The van der Waals surface area contributed by atoms with E-state index in [1.807, 2.05) is 12.1 Å². The molecule has 1 fully saturated rings. The Morgan fingerprint density at radius 2 is 1.89 bits per heavy atom. The Hall–Kier alpha value is -2.44. The molecule has 0 aliphatic carbocycles. The molecular formula is C22H26N4OS. The summed E-state index contributed by atoms with van der Waals surface area (Å²) in [7, 11) is 0. The van der Waals surface area contributed by atoms with E-state index in [4.69, 9.17) is 0 Å². The highest BCUT2D eigenvalue weighted by Crippen LogP contribution is 2.28. The summed E-state index contributed by atoms with van der Waals surface area (Å²) in [6, 6.07) is 14.7. The van der Waals surface area contributed by atoms with E-state index in [-0.39, 0.29) is 5.91 Å². The third-order valence-corrected chi connectivity index (χ3v) is 6.00. The summed E-state index contributed by atoms with van der Waals surface area (Å²) >= 11 is 1.52. The fraction of sp³-hybridized carbons (Fsp3) is 0.364. The molecule has 2 aromatic carbocycles. The van der Waals surface area contributed by atoms with Crippen LogP contribution in [-0.2, 0) is 11.3 Å². The zero-order valence-electron chi connectivity index (χ0n) is 16.2. The molecule has 2 N–H and O–H groups in total. The minimum absolute atomic E-state index is 0.0266. The van der Waals surface area contributed by atoms with Gasteiger partial charge in [-0.05, 0) is 56.6 Å². The summed E-state index contributed by atoms with van der Waals surface area (Å²) in [5, 5.41) is 7.10. The van der Waals surface area contributed by atoms with Crippen molar-refractivity contribution in [2.45, 2.75) is 32.7 Å². The number of thiazole rings is 1. The van der Waals surface area contributed by atoms with Crippen LogP contribution in [0, 0.1) is 6.92 Å². The van der Waals surface area contributed by atoms with Crippen molar-refractivity contribution in [1.82, 2.24) is 9.88 Å². The summed E-state index contributed by atoms with van der Waals surface area (Å²) in [5.41, 5.74) is 4.49. The number of likely N-dealkylation sites (tertiary alicyclic amines) is 1. The quantitative estimate of drug-likeness (QED) is 0.639. The summed E-state index contributed by atoms with van der Waals surface area (Å²) < 4.78 is 1.07. The highest BCUT2D eigenvalue weighted by molar-refractivity contribution is 7.22. The number of rotatable bonds is 6. The molecule has 3 aromatic rings. The van der Waals surface area contributed by atoms with Gasteiger partial charge in [-0.2, -0.15) is 0 Å². The van der Waals surface area contributed by atoms with E-state index in [1.54, 1.807) is 0 Å². The van der Waals surface area contributed by atoms with Crippen molar-refractivity contribution in [2.24, 2.45) is 0 Å². The van der Waals surface area contributed by atoms with Crippen LogP contribution in [0.3, 0.4) is 0 Å². The predicted molar refractivity (Wildman–Crippen MR) is 117 cm³/mol. The van der Waals surface area contributed by atoms with Crippen LogP contribution in [0.4, 0.5) is 10.8 Å². The summed E-state index contributed by atoms with van der Waals surface area (Å²) in [4.78, 5) is 19.1. The van der Waals surface area contributed by atoms with Crippen LogP contribution in [0.5, 0.6) is 0 Å². The third kappa shape index (κ3) is 4.88. The Balaban J connectivity index is 1.37. The molecule has 4 rings (SSSR count). The zero-order chi connectivity index (χ0) is 19.3. The fourth-order valence-electron chi connectivity index (χ4n) is 3.48. The van der Waals surface area contributed by atoms with Crippen LogP contribution < -0.4 is 10.6 Å². The lowest BCUT2D eigenvalue weighted by Gasteiger charge is -2.25. The highest BCUT2D eigenvalue weighted by atomic mass is 32.1. The van der Waals surface area contributed by atoms with Crippen LogP contribution in [0.2, 0.25) is 0 Å². The molecule has 146 valence electrons. The van der Waals surface area contributed by atoms with Crippen molar-refractivity contribution in [3.63, 3.8) is 0 Å². The average Bonchev–Trinajstić information content (AvgIpc) is 3.09. The standard InChI is InChI=1S/C22H26N4OS/c1-16-5-7-17(8-6-16)14-23-18-9-10-19-20(13-18)28-22(24-19)25-21(27)15-26-11-3-2-4-12-26/h5-10,13,23H,2-4,11-12,14-15H2,1H3,(H,24,25,27). The van der Waals surface area contributed by atoms with Gasteiger partial charge in [0, 0.05) is 12.2 Å². The second kappa shape index (κ2) is 8.71. The monoisotopic (exact) mass is 394 g/mol.